The fourth-order valence-corrected chi connectivity index (χ4v) is 7.50. The van der Waals surface area contributed by atoms with Gasteiger partial charge >= 0.3 is 0 Å². The number of rotatable bonds is 3. The molecule has 4 saturated carbocycles. The van der Waals surface area contributed by atoms with E-state index < -0.39 is 5.60 Å². The lowest BCUT2D eigenvalue weighted by molar-refractivity contribution is -0.172. The monoisotopic (exact) mass is 391 g/mol. The van der Waals surface area contributed by atoms with Gasteiger partial charge in [0.1, 0.15) is 0 Å². The smallest absolute Gasteiger partial charge is 0.223 e. The molecule has 1 aromatic heterocycles. The molecular weight excluding hydrogens is 362 g/mol. The van der Waals surface area contributed by atoms with Crippen LogP contribution in [0.2, 0.25) is 0 Å². The van der Waals surface area contributed by atoms with E-state index in [2.05, 4.69) is 34.2 Å². The van der Waals surface area contributed by atoms with Crippen LogP contribution in [0.15, 0.2) is 36.7 Å². The molecule has 1 amide bonds. The second kappa shape index (κ2) is 6.18. The Labute approximate surface area is 171 Å². The molecular formula is C24H29N3O2. The van der Waals surface area contributed by atoms with Gasteiger partial charge in [0, 0.05) is 18.9 Å². The van der Waals surface area contributed by atoms with Gasteiger partial charge in [-0.15, -0.1) is 0 Å². The Kier molecular flexibility index (Phi) is 3.77. The molecule has 5 nitrogen and oxygen atoms in total. The number of imidazole rings is 1. The topological polar surface area (TPSA) is 69.2 Å². The Bertz CT molecular complexity index is 923. The van der Waals surface area contributed by atoms with Crippen LogP contribution in [0, 0.1) is 17.3 Å². The molecule has 7 rings (SSSR count). The van der Waals surface area contributed by atoms with E-state index in [4.69, 9.17) is 0 Å². The third kappa shape index (κ3) is 2.93. The minimum Gasteiger partial charge on any atom is -0.390 e. The van der Waals surface area contributed by atoms with Crippen molar-refractivity contribution < 1.29 is 9.90 Å². The molecule has 29 heavy (non-hydrogen) atoms. The number of aromatic nitrogens is 2. The van der Waals surface area contributed by atoms with Gasteiger partial charge in [0.15, 0.2) is 0 Å². The van der Waals surface area contributed by atoms with Crippen molar-refractivity contribution in [3.05, 3.63) is 53.6 Å². The molecule has 5 aliphatic rings. The standard InChI is InChI=1S/C24H29N3O2/c28-21(11-23-7-16-6-17(8-23)10-24(29,9-16)14-23)27-12-19(18-4-2-1-3-5-18)22-20(13-27)25-15-26-22/h1-5,15-17,19,29H,6-14H2,(H,25,26). The van der Waals surface area contributed by atoms with Gasteiger partial charge in [0.25, 0.3) is 0 Å². The van der Waals surface area contributed by atoms with Crippen LogP contribution < -0.4 is 0 Å². The van der Waals surface area contributed by atoms with Crippen molar-refractivity contribution in [3.8, 4) is 0 Å². The molecule has 2 heterocycles. The van der Waals surface area contributed by atoms with Gasteiger partial charge < -0.3 is 15.0 Å². The Balaban J connectivity index is 1.25. The number of aromatic amines is 1. The summed E-state index contributed by atoms with van der Waals surface area (Å²) in [5, 5.41) is 11.0. The highest BCUT2D eigenvalue weighted by Gasteiger charge is 2.57. The number of nitrogens with zero attached hydrogens (tertiary/aromatic N) is 2. The highest BCUT2D eigenvalue weighted by atomic mass is 16.3. The summed E-state index contributed by atoms with van der Waals surface area (Å²) in [7, 11) is 0. The molecule has 4 aliphatic carbocycles. The number of benzene rings is 1. The predicted octanol–water partition coefficient (Wildman–Crippen LogP) is 3.61. The van der Waals surface area contributed by atoms with Gasteiger partial charge in [-0.25, -0.2) is 4.98 Å². The lowest BCUT2D eigenvalue weighted by Gasteiger charge is -2.60. The number of hydrogen-bond acceptors (Lipinski definition) is 3. The van der Waals surface area contributed by atoms with Crippen LogP contribution in [0.25, 0.3) is 0 Å². The Morgan fingerprint density at radius 3 is 2.66 bits per heavy atom. The molecule has 0 spiro atoms. The first kappa shape index (κ1) is 17.7. The fourth-order valence-electron chi connectivity index (χ4n) is 7.50. The third-order valence-electron chi connectivity index (χ3n) is 8.07. The molecule has 3 atom stereocenters. The maximum absolute atomic E-state index is 13.5. The predicted molar refractivity (Wildman–Crippen MR) is 109 cm³/mol. The number of H-pyrrole nitrogens is 1. The van der Waals surface area contributed by atoms with E-state index in [-0.39, 0.29) is 17.2 Å². The van der Waals surface area contributed by atoms with Crippen LogP contribution in [-0.2, 0) is 11.3 Å². The van der Waals surface area contributed by atoms with Gasteiger partial charge in [0.2, 0.25) is 5.91 Å². The molecule has 2 N–H and O–H groups in total. The Hall–Kier alpha value is -2.14. The zero-order valence-electron chi connectivity index (χ0n) is 16.8. The molecule has 1 aliphatic heterocycles. The van der Waals surface area contributed by atoms with Crippen molar-refractivity contribution in [2.45, 2.75) is 63.0 Å². The fraction of sp³-hybridized carbons (Fsp3) is 0.583. The highest BCUT2D eigenvalue weighted by molar-refractivity contribution is 5.77. The number of hydrogen-bond donors (Lipinski definition) is 2. The first-order chi connectivity index (χ1) is 14.0. The quantitative estimate of drug-likeness (QED) is 0.840. The van der Waals surface area contributed by atoms with Crippen molar-refractivity contribution in [2.24, 2.45) is 17.3 Å². The van der Waals surface area contributed by atoms with Gasteiger partial charge in [0.05, 0.1) is 29.9 Å². The largest absolute Gasteiger partial charge is 0.390 e. The van der Waals surface area contributed by atoms with E-state index in [0.29, 0.717) is 31.3 Å². The normalized spacial score (nSPS) is 37.6. The second-order valence-corrected chi connectivity index (χ2v) is 10.4. The molecule has 0 saturated heterocycles. The number of carbonyl (C=O) groups is 1. The van der Waals surface area contributed by atoms with Crippen LogP contribution in [0.4, 0.5) is 0 Å². The summed E-state index contributed by atoms with van der Waals surface area (Å²) >= 11 is 0. The van der Waals surface area contributed by atoms with Crippen LogP contribution in [-0.4, -0.2) is 38.0 Å². The van der Waals surface area contributed by atoms with Crippen molar-refractivity contribution in [1.29, 1.82) is 0 Å². The molecule has 2 aromatic rings. The first-order valence-electron chi connectivity index (χ1n) is 11.1. The summed E-state index contributed by atoms with van der Waals surface area (Å²) in [4.78, 5) is 23.4. The van der Waals surface area contributed by atoms with Gasteiger partial charge in [-0.1, -0.05) is 30.3 Å². The maximum atomic E-state index is 13.5. The summed E-state index contributed by atoms with van der Waals surface area (Å²) < 4.78 is 0. The molecule has 152 valence electrons. The van der Waals surface area contributed by atoms with E-state index in [9.17, 15) is 9.90 Å². The number of fused-ring (bicyclic) bond motifs is 1. The molecule has 4 bridgehead atoms. The Morgan fingerprint density at radius 2 is 1.93 bits per heavy atom. The number of nitrogens with one attached hydrogen (secondary N) is 1. The summed E-state index contributed by atoms with van der Waals surface area (Å²) in [5.74, 6) is 1.60. The Morgan fingerprint density at radius 1 is 1.17 bits per heavy atom. The number of carbonyl (C=O) groups excluding carboxylic acids is 1. The summed E-state index contributed by atoms with van der Waals surface area (Å²) in [5.41, 5.74) is 2.86. The van der Waals surface area contributed by atoms with Crippen molar-refractivity contribution >= 4 is 5.91 Å². The lowest BCUT2D eigenvalue weighted by atomic mass is 9.47. The molecule has 5 heteroatoms. The van der Waals surface area contributed by atoms with Gasteiger partial charge in [-0.05, 0) is 61.3 Å². The highest BCUT2D eigenvalue weighted by Crippen LogP contribution is 2.63. The van der Waals surface area contributed by atoms with E-state index in [0.717, 1.165) is 43.5 Å². The van der Waals surface area contributed by atoms with Crippen molar-refractivity contribution in [3.63, 3.8) is 0 Å². The summed E-state index contributed by atoms with van der Waals surface area (Å²) in [6, 6.07) is 10.4. The first-order valence-corrected chi connectivity index (χ1v) is 11.1. The van der Waals surface area contributed by atoms with Crippen LogP contribution in [0.1, 0.15) is 67.8 Å². The van der Waals surface area contributed by atoms with Crippen LogP contribution in [0.3, 0.4) is 0 Å². The average Bonchev–Trinajstić information content (AvgIpc) is 3.14. The zero-order chi connectivity index (χ0) is 19.6. The number of amides is 1. The minimum absolute atomic E-state index is 0.0203. The number of aliphatic hydroxyl groups is 1. The maximum Gasteiger partial charge on any atom is 0.223 e. The minimum atomic E-state index is -0.505. The van der Waals surface area contributed by atoms with Crippen LogP contribution >= 0.6 is 0 Å². The van der Waals surface area contributed by atoms with Gasteiger partial charge in [-0.3, -0.25) is 4.79 Å². The van der Waals surface area contributed by atoms with Crippen LogP contribution in [0.5, 0.6) is 0 Å². The summed E-state index contributed by atoms with van der Waals surface area (Å²) in [6.45, 7) is 1.30. The van der Waals surface area contributed by atoms with E-state index in [1.54, 1.807) is 6.33 Å². The lowest BCUT2D eigenvalue weighted by Crippen LogP contribution is -2.56. The second-order valence-electron chi connectivity index (χ2n) is 10.4. The van der Waals surface area contributed by atoms with Crippen molar-refractivity contribution in [2.75, 3.05) is 6.54 Å². The van der Waals surface area contributed by atoms with Crippen molar-refractivity contribution in [1.82, 2.24) is 14.9 Å². The average molecular weight is 392 g/mol. The van der Waals surface area contributed by atoms with E-state index >= 15 is 0 Å². The zero-order valence-corrected chi connectivity index (χ0v) is 16.8. The van der Waals surface area contributed by atoms with E-state index in [1.807, 2.05) is 11.0 Å². The molecule has 1 aromatic carbocycles. The summed E-state index contributed by atoms with van der Waals surface area (Å²) in [6.07, 6.45) is 8.59. The van der Waals surface area contributed by atoms with E-state index in [1.165, 1.54) is 12.0 Å². The van der Waals surface area contributed by atoms with Gasteiger partial charge in [-0.2, -0.15) is 0 Å². The molecule has 3 unspecified atom stereocenters. The molecule has 0 radical (unpaired) electrons. The third-order valence-corrected chi connectivity index (χ3v) is 8.07. The SMILES string of the molecule is O=C(CC12CC3CC(CC(O)(C3)C1)C2)N1Cc2[nH]cnc2C(c2ccccc2)C1. The molecule has 4 fully saturated rings.